The Kier molecular flexibility index (Phi) is 3.74. The van der Waals surface area contributed by atoms with Crippen LogP contribution in [0.15, 0.2) is 24.3 Å². The summed E-state index contributed by atoms with van der Waals surface area (Å²) in [5, 5.41) is 10.5. The Morgan fingerprint density at radius 3 is 3.00 bits per heavy atom. The summed E-state index contributed by atoms with van der Waals surface area (Å²) in [4.78, 5) is 14.2. The first-order valence-electron chi connectivity index (χ1n) is 6.68. The number of likely N-dealkylation sites (tertiary alicyclic amines) is 1. The van der Waals surface area contributed by atoms with E-state index in [9.17, 15) is 9.90 Å². The second-order valence-electron chi connectivity index (χ2n) is 5.09. The van der Waals surface area contributed by atoms with E-state index >= 15 is 0 Å². The molecule has 4 nitrogen and oxygen atoms in total. The van der Waals surface area contributed by atoms with E-state index in [0.29, 0.717) is 11.4 Å². The van der Waals surface area contributed by atoms with Gasteiger partial charge in [0.25, 0.3) is 0 Å². The number of fused-ring (bicyclic) bond motifs is 1. The Bertz CT molecular complexity index is 637. The number of thiophene rings is 1. The topological polar surface area (TPSA) is 49.8 Å². The SMILES string of the molecule is COC1CCN(Cc2c(C(=O)O)sc3ccccc23)C1. The molecule has 3 rings (SSSR count). The number of benzene rings is 1. The first-order chi connectivity index (χ1) is 9.69. The van der Waals surface area contributed by atoms with Gasteiger partial charge in [0.1, 0.15) is 4.88 Å². The van der Waals surface area contributed by atoms with E-state index in [-0.39, 0.29) is 6.10 Å². The molecule has 1 atom stereocenters. The van der Waals surface area contributed by atoms with Crippen LogP contribution in [0.3, 0.4) is 0 Å². The molecular formula is C15H17NO3S. The predicted molar refractivity (Wildman–Crippen MR) is 79.5 cm³/mol. The van der Waals surface area contributed by atoms with Crippen molar-refractivity contribution in [1.82, 2.24) is 4.90 Å². The minimum absolute atomic E-state index is 0.271. The maximum Gasteiger partial charge on any atom is 0.346 e. The first-order valence-corrected chi connectivity index (χ1v) is 7.49. The summed E-state index contributed by atoms with van der Waals surface area (Å²) < 4.78 is 6.41. The molecule has 0 saturated carbocycles. The lowest BCUT2D eigenvalue weighted by atomic mass is 10.1. The van der Waals surface area contributed by atoms with Crippen LogP contribution in [-0.2, 0) is 11.3 Å². The number of aromatic carboxylic acids is 1. The molecule has 0 bridgehead atoms. The van der Waals surface area contributed by atoms with Gasteiger partial charge in [-0.05, 0) is 23.4 Å². The predicted octanol–water partition coefficient (Wildman–Crippen LogP) is 2.82. The molecule has 1 aliphatic heterocycles. The molecular weight excluding hydrogens is 274 g/mol. The lowest BCUT2D eigenvalue weighted by Gasteiger charge is -2.15. The summed E-state index contributed by atoms with van der Waals surface area (Å²) in [6.07, 6.45) is 1.29. The van der Waals surface area contributed by atoms with Crippen LogP contribution in [0.1, 0.15) is 21.7 Å². The standard InChI is InChI=1S/C15H17NO3S/c1-19-10-6-7-16(8-10)9-12-11-4-2-3-5-13(11)20-14(12)15(17)18/h2-5,10H,6-9H2,1H3,(H,17,18). The van der Waals surface area contributed by atoms with Gasteiger partial charge >= 0.3 is 5.97 Å². The quantitative estimate of drug-likeness (QED) is 0.941. The van der Waals surface area contributed by atoms with E-state index in [4.69, 9.17) is 4.74 Å². The molecule has 1 saturated heterocycles. The molecule has 1 N–H and O–H groups in total. The van der Waals surface area contributed by atoms with E-state index in [1.165, 1.54) is 11.3 Å². The second kappa shape index (κ2) is 5.52. The van der Waals surface area contributed by atoms with Crippen LogP contribution < -0.4 is 0 Å². The number of rotatable bonds is 4. The molecule has 5 heteroatoms. The van der Waals surface area contributed by atoms with Crippen molar-refractivity contribution in [1.29, 1.82) is 0 Å². The fraction of sp³-hybridized carbons (Fsp3) is 0.400. The number of hydrogen-bond acceptors (Lipinski definition) is 4. The smallest absolute Gasteiger partial charge is 0.346 e. The van der Waals surface area contributed by atoms with E-state index in [1.807, 2.05) is 24.3 Å². The van der Waals surface area contributed by atoms with Crippen molar-refractivity contribution in [3.8, 4) is 0 Å². The summed E-state index contributed by atoms with van der Waals surface area (Å²) in [5.74, 6) is -0.830. The third kappa shape index (κ3) is 2.44. The largest absolute Gasteiger partial charge is 0.477 e. The fourth-order valence-electron chi connectivity index (χ4n) is 2.79. The highest BCUT2D eigenvalue weighted by Gasteiger charge is 2.25. The monoisotopic (exact) mass is 291 g/mol. The van der Waals surface area contributed by atoms with Crippen molar-refractivity contribution in [2.24, 2.45) is 0 Å². The molecule has 0 aliphatic carbocycles. The highest BCUT2D eigenvalue weighted by Crippen LogP contribution is 2.33. The average molecular weight is 291 g/mol. The Morgan fingerprint density at radius 2 is 2.30 bits per heavy atom. The van der Waals surface area contributed by atoms with Crippen LogP contribution in [0.2, 0.25) is 0 Å². The Hall–Kier alpha value is -1.43. The summed E-state index contributed by atoms with van der Waals surface area (Å²) in [6, 6.07) is 7.91. The lowest BCUT2D eigenvalue weighted by molar-refractivity contribution is 0.0700. The molecule has 2 aromatic rings. The van der Waals surface area contributed by atoms with Crippen molar-refractivity contribution < 1.29 is 14.6 Å². The Morgan fingerprint density at radius 1 is 1.50 bits per heavy atom. The van der Waals surface area contributed by atoms with Gasteiger partial charge in [-0.2, -0.15) is 0 Å². The summed E-state index contributed by atoms with van der Waals surface area (Å²) >= 11 is 1.36. The minimum atomic E-state index is -0.830. The van der Waals surface area contributed by atoms with Crippen LogP contribution in [0.4, 0.5) is 0 Å². The van der Waals surface area contributed by atoms with E-state index in [0.717, 1.165) is 35.2 Å². The Labute approximate surface area is 121 Å². The van der Waals surface area contributed by atoms with Gasteiger partial charge < -0.3 is 9.84 Å². The molecule has 0 amide bonds. The zero-order valence-electron chi connectivity index (χ0n) is 11.3. The molecule has 2 heterocycles. The van der Waals surface area contributed by atoms with Crippen molar-refractivity contribution in [2.75, 3.05) is 20.2 Å². The molecule has 1 aliphatic rings. The molecule has 20 heavy (non-hydrogen) atoms. The number of carboxylic acids is 1. The van der Waals surface area contributed by atoms with Gasteiger partial charge in [-0.1, -0.05) is 18.2 Å². The minimum Gasteiger partial charge on any atom is -0.477 e. The number of carboxylic acid groups (broad SMARTS) is 1. The van der Waals surface area contributed by atoms with Gasteiger partial charge in [0.15, 0.2) is 0 Å². The summed E-state index contributed by atoms with van der Waals surface area (Å²) in [7, 11) is 1.73. The van der Waals surface area contributed by atoms with Crippen molar-refractivity contribution in [3.05, 3.63) is 34.7 Å². The zero-order valence-corrected chi connectivity index (χ0v) is 12.2. The number of nitrogens with zero attached hydrogens (tertiary/aromatic N) is 1. The summed E-state index contributed by atoms with van der Waals surface area (Å²) in [5.41, 5.74) is 0.940. The van der Waals surface area contributed by atoms with Crippen molar-refractivity contribution >= 4 is 27.4 Å². The van der Waals surface area contributed by atoms with E-state index in [1.54, 1.807) is 7.11 Å². The van der Waals surface area contributed by atoms with Crippen LogP contribution in [-0.4, -0.2) is 42.3 Å². The van der Waals surface area contributed by atoms with Crippen LogP contribution >= 0.6 is 11.3 Å². The number of ether oxygens (including phenoxy) is 1. The van der Waals surface area contributed by atoms with Gasteiger partial charge in [0, 0.05) is 31.4 Å². The third-order valence-electron chi connectivity index (χ3n) is 3.84. The van der Waals surface area contributed by atoms with Gasteiger partial charge in [-0.25, -0.2) is 4.79 Å². The van der Waals surface area contributed by atoms with Crippen LogP contribution in [0.5, 0.6) is 0 Å². The van der Waals surface area contributed by atoms with E-state index in [2.05, 4.69) is 4.90 Å². The molecule has 1 fully saturated rings. The van der Waals surface area contributed by atoms with Gasteiger partial charge in [0.05, 0.1) is 6.10 Å². The lowest BCUT2D eigenvalue weighted by Crippen LogP contribution is -2.23. The molecule has 1 unspecified atom stereocenters. The Balaban J connectivity index is 1.93. The molecule has 0 spiro atoms. The second-order valence-corrected chi connectivity index (χ2v) is 6.14. The van der Waals surface area contributed by atoms with Gasteiger partial charge in [0.2, 0.25) is 0 Å². The average Bonchev–Trinajstić information content (AvgIpc) is 3.04. The maximum absolute atomic E-state index is 11.5. The highest BCUT2D eigenvalue weighted by atomic mass is 32.1. The number of carbonyl (C=O) groups is 1. The van der Waals surface area contributed by atoms with Crippen LogP contribution in [0.25, 0.3) is 10.1 Å². The van der Waals surface area contributed by atoms with Crippen molar-refractivity contribution in [2.45, 2.75) is 19.1 Å². The fourth-order valence-corrected chi connectivity index (χ4v) is 3.84. The van der Waals surface area contributed by atoms with Crippen molar-refractivity contribution in [3.63, 3.8) is 0 Å². The maximum atomic E-state index is 11.5. The van der Waals surface area contributed by atoms with Gasteiger partial charge in [-0.3, -0.25) is 4.90 Å². The number of hydrogen-bond donors (Lipinski definition) is 1. The summed E-state index contributed by atoms with van der Waals surface area (Å²) in [6.45, 7) is 2.52. The first kappa shape index (κ1) is 13.5. The normalized spacial score (nSPS) is 19.8. The third-order valence-corrected chi connectivity index (χ3v) is 5.04. The highest BCUT2D eigenvalue weighted by molar-refractivity contribution is 7.21. The molecule has 1 aromatic carbocycles. The van der Waals surface area contributed by atoms with E-state index < -0.39 is 5.97 Å². The molecule has 1 aromatic heterocycles. The van der Waals surface area contributed by atoms with Crippen LogP contribution in [0, 0.1) is 0 Å². The molecule has 106 valence electrons. The molecule has 0 radical (unpaired) electrons. The zero-order chi connectivity index (χ0) is 14.1. The number of methoxy groups -OCH3 is 1. The van der Waals surface area contributed by atoms with Gasteiger partial charge in [-0.15, -0.1) is 11.3 Å².